The Morgan fingerprint density at radius 1 is 1.41 bits per heavy atom. The SMILES string of the molecule is CCCC(C)CC(NC)c1ccc(F)cc1Br. The van der Waals surface area contributed by atoms with Crippen molar-refractivity contribution in [2.45, 2.75) is 39.2 Å². The molecule has 0 aliphatic heterocycles. The second kappa shape index (κ2) is 7.12. The number of halogens is 2. The first-order valence-corrected chi connectivity index (χ1v) is 7.00. The van der Waals surface area contributed by atoms with Crippen molar-refractivity contribution in [1.29, 1.82) is 0 Å². The van der Waals surface area contributed by atoms with Crippen LogP contribution in [-0.4, -0.2) is 7.05 Å². The summed E-state index contributed by atoms with van der Waals surface area (Å²) in [5.74, 6) is 0.478. The van der Waals surface area contributed by atoms with E-state index in [1.165, 1.54) is 25.0 Å². The van der Waals surface area contributed by atoms with Crippen LogP contribution in [0.2, 0.25) is 0 Å². The maximum absolute atomic E-state index is 13.0. The number of nitrogens with one attached hydrogen (secondary N) is 1. The summed E-state index contributed by atoms with van der Waals surface area (Å²) in [4.78, 5) is 0. The average molecular weight is 302 g/mol. The van der Waals surface area contributed by atoms with Crippen molar-refractivity contribution in [3.05, 3.63) is 34.1 Å². The van der Waals surface area contributed by atoms with Gasteiger partial charge in [-0.3, -0.25) is 0 Å². The summed E-state index contributed by atoms with van der Waals surface area (Å²) >= 11 is 3.44. The second-order valence-electron chi connectivity index (χ2n) is 4.64. The third-order valence-corrected chi connectivity index (χ3v) is 3.79. The summed E-state index contributed by atoms with van der Waals surface area (Å²) < 4.78 is 13.9. The summed E-state index contributed by atoms with van der Waals surface area (Å²) in [6.07, 6.45) is 3.52. The molecule has 3 heteroatoms. The van der Waals surface area contributed by atoms with Crippen molar-refractivity contribution in [1.82, 2.24) is 5.32 Å². The zero-order valence-electron chi connectivity index (χ0n) is 10.8. The van der Waals surface area contributed by atoms with Gasteiger partial charge in [0.25, 0.3) is 0 Å². The Morgan fingerprint density at radius 2 is 2.12 bits per heavy atom. The minimum Gasteiger partial charge on any atom is -0.313 e. The summed E-state index contributed by atoms with van der Waals surface area (Å²) in [5.41, 5.74) is 1.14. The normalized spacial score (nSPS) is 14.6. The molecule has 96 valence electrons. The van der Waals surface area contributed by atoms with Gasteiger partial charge in [-0.15, -0.1) is 0 Å². The molecule has 17 heavy (non-hydrogen) atoms. The van der Waals surface area contributed by atoms with Crippen LogP contribution in [0.5, 0.6) is 0 Å². The zero-order valence-corrected chi connectivity index (χ0v) is 12.3. The van der Waals surface area contributed by atoms with Crippen LogP contribution in [0.25, 0.3) is 0 Å². The van der Waals surface area contributed by atoms with Gasteiger partial charge < -0.3 is 5.32 Å². The van der Waals surface area contributed by atoms with Gasteiger partial charge in [0.2, 0.25) is 0 Å². The third kappa shape index (κ3) is 4.40. The van der Waals surface area contributed by atoms with Crippen molar-refractivity contribution in [2.24, 2.45) is 5.92 Å². The number of hydrogen-bond donors (Lipinski definition) is 1. The van der Waals surface area contributed by atoms with Crippen LogP contribution in [0.15, 0.2) is 22.7 Å². The van der Waals surface area contributed by atoms with E-state index >= 15 is 0 Å². The van der Waals surface area contributed by atoms with Gasteiger partial charge in [0.15, 0.2) is 0 Å². The van der Waals surface area contributed by atoms with Crippen LogP contribution in [0.3, 0.4) is 0 Å². The first-order chi connectivity index (χ1) is 8.08. The molecular weight excluding hydrogens is 281 g/mol. The minimum atomic E-state index is -0.197. The Morgan fingerprint density at radius 3 is 2.65 bits per heavy atom. The van der Waals surface area contributed by atoms with Crippen LogP contribution >= 0.6 is 15.9 Å². The van der Waals surface area contributed by atoms with Gasteiger partial charge in [0, 0.05) is 10.5 Å². The van der Waals surface area contributed by atoms with Gasteiger partial charge in [-0.05, 0) is 37.1 Å². The maximum Gasteiger partial charge on any atom is 0.124 e. The Hall–Kier alpha value is -0.410. The molecule has 0 bridgehead atoms. The van der Waals surface area contributed by atoms with Crippen LogP contribution in [0.1, 0.15) is 44.7 Å². The first-order valence-electron chi connectivity index (χ1n) is 6.20. The van der Waals surface area contributed by atoms with Gasteiger partial charge in [-0.25, -0.2) is 4.39 Å². The van der Waals surface area contributed by atoms with Crippen LogP contribution < -0.4 is 5.32 Å². The maximum atomic E-state index is 13.0. The molecule has 2 unspecified atom stereocenters. The van der Waals surface area contributed by atoms with E-state index in [1.807, 2.05) is 13.1 Å². The molecule has 0 aromatic heterocycles. The highest BCUT2D eigenvalue weighted by atomic mass is 79.9. The predicted octanol–water partition coefficient (Wildman–Crippen LogP) is 4.68. The van der Waals surface area contributed by atoms with Gasteiger partial charge >= 0.3 is 0 Å². The Kier molecular flexibility index (Phi) is 6.14. The van der Waals surface area contributed by atoms with Crippen LogP contribution in [0.4, 0.5) is 4.39 Å². The fourth-order valence-electron chi connectivity index (χ4n) is 2.20. The van der Waals surface area contributed by atoms with Crippen molar-refractivity contribution in [2.75, 3.05) is 7.05 Å². The van der Waals surface area contributed by atoms with Gasteiger partial charge in [0.1, 0.15) is 5.82 Å². The molecular formula is C14H21BrFN. The van der Waals surface area contributed by atoms with Gasteiger partial charge in [0.05, 0.1) is 0 Å². The van der Waals surface area contributed by atoms with E-state index in [4.69, 9.17) is 0 Å². The molecule has 1 aromatic rings. The standard InChI is InChI=1S/C14H21BrFN/c1-4-5-10(2)8-14(17-3)12-7-6-11(16)9-13(12)15/h6-7,9-10,14,17H,4-5,8H2,1-3H3. The lowest BCUT2D eigenvalue weighted by atomic mass is 9.93. The lowest BCUT2D eigenvalue weighted by molar-refractivity contribution is 0.406. The summed E-state index contributed by atoms with van der Waals surface area (Å²) in [6.45, 7) is 4.48. The molecule has 0 radical (unpaired) electrons. The Balaban J connectivity index is 2.79. The molecule has 2 atom stereocenters. The van der Waals surface area contributed by atoms with E-state index in [2.05, 4.69) is 35.1 Å². The minimum absolute atomic E-state index is 0.197. The molecule has 0 aliphatic rings. The average Bonchev–Trinajstić information content (AvgIpc) is 2.27. The van der Waals surface area contributed by atoms with E-state index in [1.54, 1.807) is 0 Å². The highest BCUT2D eigenvalue weighted by Crippen LogP contribution is 2.29. The van der Waals surface area contributed by atoms with Crippen molar-refractivity contribution < 1.29 is 4.39 Å². The third-order valence-electron chi connectivity index (χ3n) is 3.11. The fraction of sp³-hybridized carbons (Fsp3) is 0.571. The zero-order chi connectivity index (χ0) is 12.8. The topological polar surface area (TPSA) is 12.0 Å². The molecule has 1 nitrogen and oxygen atoms in total. The smallest absolute Gasteiger partial charge is 0.124 e. The quantitative estimate of drug-likeness (QED) is 0.805. The van der Waals surface area contributed by atoms with Gasteiger partial charge in [-0.1, -0.05) is 48.7 Å². The Labute approximate surface area is 112 Å². The predicted molar refractivity (Wildman–Crippen MR) is 74.6 cm³/mol. The summed E-state index contributed by atoms with van der Waals surface area (Å²) in [5, 5.41) is 3.32. The summed E-state index contributed by atoms with van der Waals surface area (Å²) in [7, 11) is 1.96. The van der Waals surface area contributed by atoms with Crippen molar-refractivity contribution >= 4 is 15.9 Å². The molecule has 1 N–H and O–H groups in total. The molecule has 0 heterocycles. The van der Waals surface area contributed by atoms with Gasteiger partial charge in [-0.2, -0.15) is 0 Å². The van der Waals surface area contributed by atoms with E-state index in [0.29, 0.717) is 5.92 Å². The largest absolute Gasteiger partial charge is 0.313 e. The second-order valence-corrected chi connectivity index (χ2v) is 5.49. The van der Waals surface area contributed by atoms with E-state index in [-0.39, 0.29) is 11.9 Å². The molecule has 0 spiro atoms. The lowest BCUT2D eigenvalue weighted by Gasteiger charge is -2.22. The number of hydrogen-bond acceptors (Lipinski definition) is 1. The Bertz CT molecular complexity index is 354. The van der Waals surface area contributed by atoms with Crippen LogP contribution in [0, 0.1) is 11.7 Å². The monoisotopic (exact) mass is 301 g/mol. The van der Waals surface area contributed by atoms with Crippen molar-refractivity contribution in [3.63, 3.8) is 0 Å². The molecule has 1 rings (SSSR count). The molecule has 0 saturated heterocycles. The first kappa shape index (κ1) is 14.7. The fourth-order valence-corrected chi connectivity index (χ4v) is 2.82. The number of rotatable bonds is 6. The highest BCUT2D eigenvalue weighted by Gasteiger charge is 2.16. The number of benzene rings is 1. The van der Waals surface area contributed by atoms with Crippen LogP contribution in [-0.2, 0) is 0 Å². The van der Waals surface area contributed by atoms with E-state index in [0.717, 1.165) is 16.5 Å². The van der Waals surface area contributed by atoms with E-state index < -0.39 is 0 Å². The molecule has 0 aliphatic carbocycles. The van der Waals surface area contributed by atoms with E-state index in [9.17, 15) is 4.39 Å². The summed E-state index contributed by atoms with van der Waals surface area (Å²) in [6, 6.07) is 5.20. The molecule has 1 aromatic carbocycles. The van der Waals surface area contributed by atoms with Crippen molar-refractivity contribution in [3.8, 4) is 0 Å². The lowest BCUT2D eigenvalue weighted by Crippen LogP contribution is -2.19. The molecule has 0 saturated carbocycles. The molecule has 0 amide bonds. The molecule has 0 fully saturated rings. The highest BCUT2D eigenvalue weighted by molar-refractivity contribution is 9.10.